The number of rotatable bonds is 7. The van der Waals surface area contributed by atoms with E-state index in [0.29, 0.717) is 25.3 Å². The Bertz CT molecular complexity index is 690. The quantitative estimate of drug-likeness (QED) is 0.835. The number of carbonyl (C=O) groups excluding carboxylic acids is 1. The van der Waals surface area contributed by atoms with Gasteiger partial charge in [0.25, 0.3) is 5.91 Å². The number of ether oxygens (including phenoxy) is 2. The number of aryl methyl sites for hydroxylation is 2. The second-order valence-corrected chi connectivity index (χ2v) is 5.73. The molecule has 0 aliphatic carbocycles. The average molecular weight is 327 g/mol. The van der Waals surface area contributed by atoms with Gasteiger partial charge < -0.3 is 14.8 Å². The zero-order valence-electron chi connectivity index (χ0n) is 14.8. The van der Waals surface area contributed by atoms with E-state index >= 15 is 0 Å². The number of benzene rings is 2. The first-order valence-electron chi connectivity index (χ1n) is 8.28. The van der Waals surface area contributed by atoms with Crippen LogP contribution in [-0.4, -0.2) is 19.1 Å². The van der Waals surface area contributed by atoms with Gasteiger partial charge in [0.15, 0.2) is 0 Å². The van der Waals surface area contributed by atoms with Crippen LogP contribution in [0, 0.1) is 13.8 Å². The van der Waals surface area contributed by atoms with E-state index in [1.54, 1.807) is 6.07 Å². The zero-order valence-corrected chi connectivity index (χ0v) is 14.8. The molecule has 0 aliphatic rings. The lowest BCUT2D eigenvalue weighted by molar-refractivity contribution is 0.0955. The minimum atomic E-state index is -0.0896. The third-order valence-electron chi connectivity index (χ3n) is 3.55. The van der Waals surface area contributed by atoms with E-state index in [-0.39, 0.29) is 5.91 Å². The van der Waals surface area contributed by atoms with Crippen LogP contribution in [-0.2, 0) is 6.61 Å². The van der Waals surface area contributed by atoms with Gasteiger partial charge in [0, 0.05) is 17.7 Å². The molecule has 0 saturated heterocycles. The van der Waals surface area contributed by atoms with Crippen LogP contribution in [0.3, 0.4) is 0 Å². The van der Waals surface area contributed by atoms with Gasteiger partial charge in [0.1, 0.15) is 18.1 Å². The first-order valence-corrected chi connectivity index (χ1v) is 8.28. The van der Waals surface area contributed by atoms with Crippen LogP contribution >= 0.6 is 0 Å². The third kappa shape index (κ3) is 4.75. The Morgan fingerprint density at radius 1 is 1.00 bits per heavy atom. The van der Waals surface area contributed by atoms with E-state index in [2.05, 4.69) is 11.4 Å². The summed E-state index contributed by atoms with van der Waals surface area (Å²) in [6, 6.07) is 11.5. The van der Waals surface area contributed by atoms with Gasteiger partial charge in [-0.1, -0.05) is 6.07 Å². The number of hydrogen-bond acceptors (Lipinski definition) is 3. The Hall–Kier alpha value is -2.49. The molecule has 0 fully saturated rings. The van der Waals surface area contributed by atoms with E-state index in [4.69, 9.17) is 9.47 Å². The number of amides is 1. The second-order valence-electron chi connectivity index (χ2n) is 5.73. The van der Waals surface area contributed by atoms with E-state index in [0.717, 1.165) is 28.2 Å². The van der Waals surface area contributed by atoms with Crippen molar-refractivity contribution in [1.29, 1.82) is 0 Å². The van der Waals surface area contributed by atoms with Crippen molar-refractivity contribution in [2.75, 3.05) is 13.2 Å². The summed E-state index contributed by atoms with van der Waals surface area (Å²) in [5.74, 6) is 1.47. The van der Waals surface area contributed by atoms with Crippen molar-refractivity contribution in [1.82, 2.24) is 5.32 Å². The molecule has 0 atom stereocenters. The SMILES string of the molecule is CCNC(=O)c1ccc(OCC)c(COc2cc(C)cc(C)c2)c1. The van der Waals surface area contributed by atoms with E-state index in [1.165, 1.54) is 0 Å². The highest BCUT2D eigenvalue weighted by atomic mass is 16.5. The minimum Gasteiger partial charge on any atom is -0.493 e. The molecule has 2 aromatic rings. The largest absolute Gasteiger partial charge is 0.493 e. The van der Waals surface area contributed by atoms with Crippen molar-refractivity contribution in [3.63, 3.8) is 0 Å². The molecular weight excluding hydrogens is 302 g/mol. The van der Waals surface area contributed by atoms with E-state index in [1.807, 2.05) is 52.0 Å². The molecule has 0 aromatic heterocycles. The van der Waals surface area contributed by atoms with Crippen LogP contribution in [0.2, 0.25) is 0 Å². The normalized spacial score (nSPS) is 10.3. The third-order valence-corrected chi connectivity index (χ3v) is 3.55. The van der Waals surface area contributed by atoms with Crippen LogP contribution in [0.5, 0.6) is 11.5 Å². The highest BCUT2D eigenvalue weighted by Crippen LogP contribution is 2.24. The molecule has 1 amide bonds. The second kappa shape index (κ2) is 8.39. The molecule has 0 saturated carbocycles. The van der Waals surface area contributed by atoms with Crippen molar-refractivity contribution in [3.05, 3.63) is 58.7 Å². The maximum absolute atomic E-state index is 12.0. The molecule has 4 nitrogen and oxygen atoms in total. The standard InChI is InChI=1S/C20H25NO3/c1-5-21-20(22)16-7-8-19(23-6-2)17(12-16)13-24-18-10-14(3)9-15(4)11-18/h7-12H,5-6,13H2,1-4H3,(H,21,22). The van der Waals surface area contributed by atoms with Crippen LogP contribution < -0.4 is 14.8 Å². The van der Waals surface area contributed by atoms with Gasteiger partial charge in [-0.25, -0.2) is 0 Å². The molecule has 1 N–H and O–H groups in total. The van der Waals surface area contributed by atoms with Gasteiger partial charge >= 0.3 is 0 Å². The number of nitrogens with one attached hydrogen (secondary N) is 1. The van der Waals surface area contributed by atoms with Gasteiger partial charge in [-0.05, 0) is 69.2 Å². The Morgan fingerprint density at radius 2 is 1.71 bits per heavy atom. The highest BCUT2D eigenvalue weighted by Gasteiger charge is 2.11. The summed E-state index contributed by atoms with van der Waals surface area (Å²) in [5.41, 5.74) is 3.79. The van der Waals surface area contributed by atoms with Crippen LogP contribution in [0.15, 0.2) is 36.4 Å². The maximum atomic E-state index is 12.0. The van der Waals surface area contributed by atoms with Gasteiger partial charge in [0.05, 0.1) is 6.61 Å². The first-order chi connectivity index (χ1) is 11.5. The lowest BCUT2D eigenvalue weighted by Gasteiger charge is -2.14. The summed E-state index contributed by atoms with van der Waals surface area (Å²) in [4.78, 5) is 12.0. The van der Waals surface area contributed by atoms with Crippen molar-refractivity contribution >= 4 is 5.91 Å². The highest BCUT2D eigenvalue weighted by molar-refractivity contribution is 5.94. The predicted octanol–water partition coefficient (Wildman–Crippen LogP) is 4.03. The zero-order chi connectivity index (χ0) is 17.5. The fourth-order valence-electron chi connectivity index (χ4n) is 2.57. The molecule has 0 aliphatic heterocycles. The molecule has 0 bridgehead atoms. The Labute approximate surface area is 143 Å². The lowest BCUT2D eigenvalue weighted by Crippen LogP contribution is -2.22. The molecule has 2 aromatic carbocycles. The van der Waals surface area contributed by atoms with Crippen molar-refractivity contribution in [2.45, 2.75) is 34.3 Å². The summed E-state index contributed by atoms with van der Waals surface area (Å²) >= 11 is 0. The molecule has 24 heavy (non-hydrogen) atoms. The fraction of sp³-hybridized carbons (Fsp3) is 0.350. The Kier molecular flexibility index (Phi) is 6.24. The summed E-state index contributed by atoms with van der Waals surface area (Å²) in [7, 11) is 0. The van der Waals surface area contributed by atoms with Crippen molar-refractivity contribution in [3.8, 4) is 11.5 Å². The van der Waals surface area contributed by atoms with Gasteiger partial charge in [0.2, 0.25) is 0 Å². The average Bonchev–Trinajstić information content (AvgIpc) is 2.53. The molecule has 4 heteroatoms. The maximum Gasteiger partial charge on any atom is 0.251 e. The summed E-state index contributed by atoms with van der Waals surface area (Å²) in [6.07, 6.45) is 0. The van der Waals surface area contributed by atoms with Crippen LogP contribution in [0.1, 0.15) is 40.9 Å². The van der Waals surface area contributed by atoms with Crippen molar-refractivity contribution < 1.29 is 14.3 Å². The molecule has 2 rings (SSSR count). The molecular formula is C20H25NO3. The predicted molar refractivity (Wildman–Crippen MR) is 95.9 cm³/mol. The fourth-order valence-corrected chi connectivity index (χ4v) is 2.57. The van der Waals surface area contributed by atoms with Gasteiger partial charge in [-0.2, -0.15) is 0 Å². The number of carbonyl (C=O) groups is 1. The molecule has 0 unspecified atom stereocenters. The monoisotopic (exact) mass is 327 g/mol. The number of hydrogen-bond donors (Lipinski definition) is 1. The molecule has 0 heterocycles. The van der Waals surface area contributed by atoms with E-state index in [9.17, 15) is 4.79 Å². The molecule has 128 valence electrons. The van der Waals surface area contributed by atoms with Gasteiger partial charge in [-0.3, -0.25) is 4.79 Å². The minimum absolute atomic E-state index is 0.0896. The van der Waals surface area contributed by atoms with Crippen LogP contribution in [0.25, 0.3) is 0 Å². The Balaban J connectivity index is 2.22. The Morgan fingerprint density at radius 3 is 2.33 bits per heavy atom. The summed E-state index contributed by atoms with van der Waals surface area (Å²) in [5, 5.41) is 2.81. The molecule has 0 radical (unpaired) electrons. The lowest BCUT2D eigenvalue weighted by atomic mass is 10.1. The van der Waals surface area contributed by atoms with Gasteiger partial charge in [-0.15, -0.1) is 0 Å². The van der Waals surface area contributed by atoms with E-state index < -0.39 is 0 Å². The smallest absolute Gasteiger partial charge is 0.251 e. The topological polar surface area (TPSA) is 47.6 Å². The van der Waals surface area contributed by atoms with Crippen molar-refractivity contribution in [2.24, 2.45) is 0 Å². The first kappa shape index (κ1) is 17.9. The molecule has 0 spiro atoms. The summed E-state index contributed by atoms with van der Waals surface area (Å²) < 4.78 is 11.6. The summed E-state index contributed by atoms with van der Waals surface area (Å²) in [6.45, 7) is 9.44. The van der Waals surface area contributed by atoms with Crippen LogP contribution in [0.4, 0.5) is 0 Å².